The molecule has 0 unspecified atom stereocenters. The number of benzene rings is 1. The highest BCUT2D eigenvalue weighted by Gasteiger charge is 2.22. The highest BCUT2D eigenvalue weighted by Crippen LogP contribution is 2.46. The number of amides is 2. The third-order valence-electron chi connectivity index (χ3n) is 4.03. The van der Waals surface area contributed by atoms with Crippen LogP contribution in [0.1, 0.15) is 5.56 Å². The van der Waals surface area contributed by atoms with Gasteiger partial charge < -0.3 is 27.6 Å². The summed E-state index contributed by atoms with van der Waals surface area (Å²) in [6.45, 7) is 1.39. The molecule has 0 spiro atoms. The minimum Gasteiger partial charge on any atom is -0.449 e. The van der Waals surface area contributed by atoms with Crippen LogP contribution in [0.25, 0.3) is 0 Å². The van der Waals surface area contributed by atoms with Gasteiger partial charge in [-0.1, -0.05) is 6.07 Å². The van der Waals surface area contributed by atoms with Gasteiger partial charge in [0, 0.05) is 39.8 Å². The van der Waals surface area contributed by atoms with Crippen molar-refractivity contribution in [1.82, 2.24) is 0 Å². The highest BCUT2D eigenvalue weighted by molar-refractivity contribution is 7.54. The molecule has 1 rings (SSSR count). The molecule has 1 aromatic rings. The van der Waals surface area contributed by atoms with Crippen molar-refractivity contribution in [2.75, 3.05) is 64.6 Å². The number of anilines is 2. The number of rotatable bonds is 12. The molecule has 0 heterocycles. The lowest BCUT2D eigenvalue weighted by Crippen LogP contribution is -2.18. The molecule has 176 valence electrons. The van der Waals surface area contributed by atoms with Gasteiger partial charge in [0.25, 0.3) is 0 Å². The summed E-state index contributed by atoms with van der Waals surface area (Å²) in [6.07, 6.45) is -1.76. The van der Waals surface area contributed by atoms with Crippen LogP contribution in [-0.2, 0) is 36.7 Å². The van der Waals surface area contributed by atoms with Gasteiger partial charge >= 0.3 is 27.4 Å². The summed E-state index contributed by atoms with van der Waals surface area (Å²) in [5, 5.41) is 5.02. The van der Waals surface area contributed by atoms with Crippen molar-refractivity contribution in [3.05, 3.63) is 23.8 Å². The smallest absolute Gasteiger partial charge is 0.411 e. The van der Waals surface area contributed by atoms with Crippen molar-refractivity contribution in [2.24, 2.45) is 0 Å². The second-order valence-corrected chi connectivity index (χ2v) is 10.7. The Balaban J connectivity index is 2.58. The number of carbonyl (C=O) groups is 2. The van der Waals surface area contributed by atoms with Crippen LogP contribution >= 0.6 is 15.2 Å². The third kappa shape index (κ3) is 9.39. The zero-order valence-corrected chi connectivity index (χ0v) is 19.8. The van der Waals surface area contributed by atoms with Gasteiger partial charge in [0.05, 0.1) is 12.3 Å². The van der Waals surface area contributed by atoms with Crippen molar-refractivity contribution in [2.45, 2.75) is 6.92 Å². The van der Waals surface area contributed by atoms with E-state index in [4.69, 9.17) is 27.6 Å². The van der Waals surface area contributed by atoms with Gasteiger partial charge in [-0.25, -0.2) is 9.59 Å². The van der Waals surface area contributed by atoms with Gasteiger partial charge in [-0.2, -0.15) is 0 Å². The number of aryl methyl sites for hydroxylation is 1. The van der Waals surface area contributed by atoms with E-state index < -0.39 is 27.4 Å². The summed E-state index contributed by atoms with van der Waals surface area (Å²) < 4.78 is 52.8. The molecule has 31 heavy (non-hydrogen) atoms. The molecule has 0 bridgehead atoms. The van der Waals surface area contributed by atoms with Crippen molar-refractivity contribution in [3.63, 3.8) is 0 Å². The Morgan fingerprint density at radius 3 is 1.71 bits per heavy atom. The van der Waals surface area contributed by atoms with Crippen LogP contribution < -0.4 is 10.6 Å². The Bertz CT molecular complexity index is 832. The quantitative estimate of drug-likeness (QED) is 0.418. The lowest BCUT2D eigenvalue weighted by atomic mass is 10.2. The molecule has 1 aromatic carbocycles. The number of ether oxygens (including phenoxy) is 2. The van der Waals surface area contributed by atoms with E-state index in [0.717, 1.165) is 0 Å². The Morgan fingerprint density at radius 2 is 1.26 bits per heavy atom. The normalized spacial score (nSPS) is 11.6. The van der Waals surface area contributed by atoms with Crippen LogP contribution in [0.15, 0.2) is 18.2 Å². The van der Waals surface area contributed by atoms with E-state index in [9.17, 15) is 18.7 Å². The minimum absolute atomic E-state index is 0.0982. The molecule has 2 N–H and O–H groups in total. The second-order valence-electron chi connectivity index (χ2n) is 5.95. The molecule has 2 amide bonds. The number of carbonyl (C=O) groups excluding carboxylic acids is 2. The van der Waals surface area contributed by atoms with E-state index in [2.05, 4.69) is 10.6 Å². The first-order chi connectivity index (χ1) is 14.6. The van der Waals surface area contributed by atoms with E-state index >= 15 is 0 Å². The first-order valence-corrected chi connectivity index (χ1v) is 12.4. The van der Waals surface area contributed by atoms with Gasteiger partial charge in [-0.15, -0.1) is 0 Å². The molecule has 14 heteroatoms. The summed E-state index contributed by atoms with van der Waals surface area (Å²) in [4.78, 5) is 23.9. The molecule has 0 fully saturated rings. The minimum atomic E-state index is -3.28. The van der Waals surface area contributed by atoms with Crippen LogP contribution in [0.4, 0.5) is 21.0 Å². The maximum Gasteiger partial charge on any atom is 0.411 e. The molecular weight excluding hydrogens is 454 g/mol. The van der Waals surface area contributed by atoms with E-state index in [1.165, 1.54) is 34.5 Å². The predicted octanol–water partition coefficient (Wildman–Crippen LogP) is 4.06. The van der Waals surface area contributed by atoms with Crippen LogP contribution in [0, 0.1) is 6.92 Å². The molecule has 12 nitrogen and oxygen atoms in total. The van der Waals surface area contributed by atoms with Crippen LogP contribution in [0.2, 0.25) is 0 Å². The molecule has 0 aliphatic carbocycles. The molecule has 0 aromatic heterocycles. The van der Waals surface area contributed by atoms with Crippen molar-refractivity contribution < 1.29 is 46.3 Å². The lowest BCUT2D eigenvalue weighted by molar-refractivity contribution is 0.164. The maximum absolute atomic E-state index is 12.0. The largest absolute Gasteiger partial charge is 0.449 e. The fourth-order valence-electron chi connectivity index (χ4n) is 2.15. The zero-order chi connectivity index (χ0) is 23.5. The summed E-state index contributed by atoms with van der Waals surface area (Å²) >= 11 is 0. The third-order valence-corrected chi connectivity index (χ3v) is 7.72. The Kier molecular flexibility index (Phi) is 11.2. The molecule has 0 radical (unpaired) electrons. The molecule has 0 saturated heterocycles. The van der Waals surface area contributed by atoms with Gasteiger partial charge in [-0.3, -0.25) is 19.8 Å². The maximum atomic E-state index is 12.0. The van der Waals surface area contributed by atoms with E-state index in [-0.39, 0.29) is 25.5 Å². The van der Waals surface area contributed by atoms with Crippen LogP contribution in [-0.4, -0.2) is 66.2 Å². The Morgan fingerprint density at radius 1 is 0.806 bits per heavy atom. The van der Waals surface area contributed by atoms with Gasteiger partial charge in [0.1, 0.15) is 13.2 Å². The molecule has 0 aliphatic heterocycles. The second kappa shape index (κ2) is 12.8. The Hall–Kier alpha value is -1.94. The van der Waals surface area contributed by atoms with Crippen molar-refractivity contribution in [3.8, 4) is 0 Å². The van der Waals surface area contributed by atoms with Gasteiger partial charge in [0.15, 0.2) is 0 Å². The van der Waals surface area contributed by atoms with Crippen molar-refractivity contribution >= 4 is 38.8 Å². The molecular formula is C17H28N2O10P2. The first-order valence-electron chi connectivity index (χ1n) is 8.99. The van der Waals surface area contributed by atoms with E-state index in [1.807, 2.05) is 0 Å². The molecule has 0 atom stereocenters. The zero-order valence-electron chi connectivity index (χ0n) is 18.0. The average molecular weight is 482 g/mol. The SMILES string of the molecule is COP(=O)(CCOC(=O)Nc1ccc(C)c(NC(=O)OCCP(=O)(OC)OC)c1)OC. The summed E-state index contributed by atoms with van der Waals surface area (Å²) in [5.41, 5.74) is 1.43. The predicted molar refractivity (Wildman–Crippen MR) is 114 cm³/mol. The number of nitrogens with one attached hydrogen (secondary N) is 2. The first kappa shape index (κ1) is 27.1. The van der Waals surface area contributed by atoms with Crippen LogP contribution in [0.5, 0.6) is 0 Å². The average Bonchev–Trinajstić information content (AvgIpc) is 2.75. The monoisotopic (exact) mass is 482 g/mol. The summed E-state index contributed by atoms with van der Waals surface area (Å²) in [6, 6.07) is 4.78. The van der Waals surface area contributed by atoms with E-state index in [1.54, 1.807) is 19.1 Å². The molecule has 0 saturated carbocycles. The summed E-state index contributed by atoms with van der Waals surface area (Å²) in [5.74, 6) is 0. The fourth-order valence-corrected chi connectivity index (χ4v) is 3.81. The lowest BCUT2D eigenvalue weighted by Gasteiger charge is -2.15. The highest BCUT2D eigenvalue weighted by atomic mass is 31.2. The van der Waals surface area contributed by atoms with Crippen LogP contribution in [0.3, 0.4) is 0 Å². The number of hydrogen-bond acceptors (Lipinski definition) is 10. The summed E-state index contributed by atoms with van der Waals surface area (Å²) in [7, 11) is -1.59. The standard InChI is InChI=1S/C17H28N2O10P2/c1-13-6-7-14(18-16(20)28-8-10-30(22,24-2)25-3)12-15(13)19-17(21)29-9-11-31(23,26-4)27-5/h6-7,12H,8-11H2,1-5H3,(H,18,20)(H,19,21). The fraction of sp³-hybridized carbons (Fsp3) is 0.529. The number of hydrogen-bond donors (Lipinski definition) is 2. The molecule has 0 aliphatic rings. The van der Waals surface area contributed by atoms with Gasteiger partial charge in [-0.05, 0) is 24.6 Å². The van der Waals surface area contributed by atoms with Crippen molar-refractivity contribution in [1.29, 1.82) is 0 Å². The Labute approximate surface area is 180 Å². The van der Waals surface area contributed by atoms with E-state index in [0.29, 0.717) is 16.9 Å². The van der Waals surface area contributed by atoms with Gasteiger partial charge in [0.2, 0.25) is 0 Å². The topological polar surface area (TPSA) is 148 Å².